The largest absolute Gasteiger partial charge is 0.477 e. The van der Waals surface area contributed by atoms with Gasteiger partial charge in [-0.1, -0.05) is 124 Å². The van der Waals surface area contributed by atoms with E-state index in [4.69, 9.17) is 14.2 Å². The minimum absolute atomic E-state index is 0.0316. The van der Waals surface area contributed by atoms with Gasteiger partial charge in [-0.2, -0.15) is 0 Å². The fourth-order valence-corrected chi connectivity index (χ4v) is 5.48. The van der Waals surface area contributed by atoms with Crippen molar-refractivity contribution in [2.45, 2.75) is 148 Å². The van der Waals surface area contributed by atoms with E-state index >= 15 is 0 Å². The van der Waals surface area contributed by atoms with E-state index in [9.17, 15) is 19.5 Å². The summed E-state index contributed by atoms with van der Waals surface area (Å²) in [6.45, 7) is 4.40. The zero-order valence-corrected chi connectivity index (χ0v) is 35.8. The Labute approximate surface area is 341 Å². The predicted molar refractivity (Wildman–Crippen MR) is 233 cm³/mol. The normalized spacial score (nSPS) is 13.9. The number of esters is 2. The standard InChI is InChI=1S/C48H77NO7/c1-6-8-10-12-14-16-18-20-21-22-23-24-25-26-27-29-31-33-35-37-39-47(51)56-44(42-54-41-40-45(48(52)53)49(3,4)5)43-55-46(50)38-36-34-32-30-28-19-17-15-13-11-9-7-2/h8-11,14-17,20-21,23-24,26-28,30,44-45H,6-7,12-13,18-19,22,25,29,31-43H2,1-5H3/p+1/b10-8+,11-9+,16-14+,17-15+,21-20+,24-23+,27-26+,30-28+. The van der Waals surface area contributed by atoms with Crippen LogP contribution in [0.2, 0.25) is 0 Å². The molecule has 0 aromatic rings. The average molecular weight is 781 g/mol. The molecular formula is C48H78NO7+. The zero-order valence-electron chi connectivity index (χ0n) is 35.8. The van der Waals surface area contributed by atoms with Crippen molar-refractivity contribution in [3.63, 3.8) is 0 Å². The van der Waals surface area contributed by atoms with E-state index in [-0.39, 0.29) is 42.7 Å². The molecule has 2 unspecified atom stereocenters. The van der Waals surface area contributed by atoms with E-state index in [0.717, 1.165) is 96.3 Å². The number of hydrogen-bond donors (Lipinski definition) is 1. The van der Waals surface area contributed by atoms with Crippen molar-refractivity contribution in [1.29, 1.82) is 0 Å². The smallest absolute Gasteiger partial charge is 0.362 e. The second-order valence-electron chi connectivity index (χ2n) is 14.8. The Bertz CT molecular complexity index is 1230. The Kier molecular flexibility index (Phi) is 35.6. The third-order valence-corrected chi connectivity index (χ3v) is 8.73. The molecule has 0 aromatic heterocycles. The molecule has 0 amide bonds. The summed E-state index contributed by atoms with van der Waals surface area (Å²) in [5.74, 6) is -1.57. The zero-order chi connectivity index (χ0) is 41.4. The van der Waals surface area contributed by atoms with Gasteiger partial charge in [-0.15, -0.1) is 0 Å². The Morgan fingerprint density at radius 2 is 0.946 bits per heavy atom. The van der Waals surface area contributed by atoms with Crippen molar-refractivity contribution >= 4 is 17.9 Å². The van der Waals surface area contributed by atoms with E-state index in [2.05, 4.69) is 111 Å². The van der Waals surface area contributed by atoms with Crippen LogP contribution in [0.4, 0.5) is 0 Å². The van der Waals surface area contributed by atoms with Gasteiger partial charge in [-0.3, -0.25) is 9.59 Å². The topological polar surface area (TPSA) is 99.1 Å². The van der Waals surface area contributed by atoms with Gasteiger partial charge in [0.2, 0.25) is 0 Å². The third kappa shape index (κ3) is 35.9. The molecule has 0 saturated heterocycles. The molecule has 0 spiro atoms. The van der Waals surface area contributed by atoms with Crippen LogP contribution in [0.5, 0.6) is 0 Å². The van der Waals surface area contributed by atoms with E-state index in [1.807, 2.05) is 21.1 Å². The summed E-state index contributed by atoms with van der Waals surface area (Å²) >= 11 is 0. The van der Waals surface area contributed by atoms with Gasteiger partial charge in [0.15, 0.2) is 12.1 Å². The summed E-state index contributed by atoms with van der Waals surface area (Å²) in [7, 11) is 5.49. The van der Waals surface area contributed by atoms with Crippen molar-refractivity contribution in [2.24, 2.45) is 0 Å². The first-order chi connectivity index (χ1) is 27.1. The SMILES string of the molecule is CC/C=C/C/C=C/C/C=C/C/C=C/C/C=C/CCCCCCC(=O)OC(COCCC(C(=O)O)[N+](C)(C)C)COC(=O)CCCC/C=C/C/C=C/C/C=C/CC. The van der Waals surface area contributed by atoms with Gasteiger partial charge < -0.3 is 23.8 Å². The van der Waals surface area contributed by atoms with Crippen LogP contribution in [-0.4, -0.2) is 80.6 Å². The van der Waals surface area contributed by atoms with Crippen molar-refractivity contribution < 1.29 is 38.2 Å². The number of carbonyl (C=O) groups is 3. The molecule has 0 aliphatic heterocycles. The van der Waals surface area contributed by atoms with E-state index in [1.165, 1.54) is 0 Å². The lowest BCUT2D eigenvalue weighted by atomic mass is 10.1. The number of rotatable bonds is 36. The van der Waals surface area contributed by atoms with Crippen molar-refractivity contribution in [2.75, 3.05) is 41.0 Å². The first-order valence-corrected chi connectivity index (χ1v) is 21.3. The summed E-state index contributed by atoms with van der Waals surface area (Å²) in [5, 5.41) is 9.61. The number of nitrogens with zero attached hydrogens (tertiary/aromatic N) is 1. The van der Waals surface area contributed by atoms with Gasteiger partial charge in [-0.25, -0.2) is 4.79 Å². The Hall–Kier alpha value is -3.75. The molecular weight excluding hydrogens is 703 g/mol. The highest BCUT2D eigenvalue weighted by molar-refractivity contribution is 5.72. The molecule has 1 N–H and O–H groups in total. The number of carboxylic acids is 1. The fourth-order valence-electron chi connectivity index (χ4n) is 5.48. The van der Waals surface area contributed by atoms with Crippen LogP contribution in [0.25, 0.3) is 0 Å². The minimum atomic E-state index is -0.890. The minimum Gasteiger partial charge on any atom is -0.477 e. The molecule has 0 radical (unpaired) electrons. The number of quaternary nitrogens is 1. The van der Waals surface area contributed by atoms with Gasteiger partial charge in [0.1, 0.15) is 6.61 Å². The lowest BCUT2D eigenvalue weighted by molar-refractivity contribution is -0.887. The Balaban J connectivity index is 4.47. The highest BCUT2D eigenvalue weighted by Gasteiger charge is 2.31. The third-order valence-electron chi connectivity index (χ3n) is 8.73. The Morgan fingerprint density at radius 3 is 1.41 bits per heavy atom. The molecule has 2 atom stereocenters. The molecule has 0 aliphatic rings. The van der Waals surface area contributed by atoms with Crippen molar-refractivity contribution in [3.05, 3.63) is 97.2 Å². The number of hydrogen-bond acceptors (Lipinski definition) is 6. The summed E-state index contributed by atoms with van der Waals surface area (Å²) in [6.07, 6.45) is 50.3. The van der Waals surface area contributed by atoms with Gasteiger partial charge >= 0.3 is 17.9 Å². The fraction of sp³-hybridized carbons (Fsp3) is 0.604. The summed E-state index contributed by atoms with van der Waals surface area (Å²) in [5.41, 5.74) is 0. The quantitative estimate of drug-likeness (QED) is 0.0292. The summed E-state index contributed by atoms with van der Waals surface area (Å²) in [4.78, 5) is 36.9. The molecule has 0 bridgehead atoms. The molecule has 0 aliphatic carbocycles. The van der Waals surface area contributed by atoms with E-state index < -0.39 is 18.1 Å². The number of likely N-dealkylation sites (N-methyl/N-ethyl adjacent to an activating group) is 1. The maximum Gasteiger partial charge on any atom is 0.362 e. The second kappa shape index (κ2) is 38.1. The first-order valence-electron chi connectivity index (χ1n) is 21.3. The van der Waals surface area contributed by atoms with Gasteiger partial charge in [0.05, 0.1) is 34.4 Å². The molecule has 316 valence electrons. The number of aliphatic carboxylic acids is 1. The van der Waals surface area contributed by atoms with E-state index in [0.29, 0.717) is 19.3 Å². The van der Waals surface area contributed by atoms with Crippen molar-refractivity contribution in [1.82, 2.24) is 0 Å². The monoisotopic (exact) mass is 781 g/mol. The predicted octanol–water partition coefficient (Wildman–Crippen LogP) is 11.5. The molecule has 8 nitrogen and oxygen atoms in total. The molecule has 0 aromatic carbocycles. The van der Waals surface area contributed by atoms with Gasteiger partial charge in [0.25, 0.3) is 0 Å². The second-order valence-corrected chi connectivity index (χ2v) is 14.8. The maximum atomic E-state index is 12.7. The van der Waals surface area contributed by atoms with Crippen LogP contribution >= 0.6 is 0 Å². The number of carbonyl (C=O) groups excluding carboxylic acids is 2. The number of carboxylic acid groups (broad SMARTS) is 1. The van der Waals surface area contributed by atoms with E-state index in [1.54, 1.807) is 0 Å². The number of ether oxygens (including phenoxy) is 3. The van der Waals surface area contributed by atoms with Crippen LogP contribution in [0, 0.1) is 0 Å². The molecule has 0 heterocycles. The molecule has 0 fully saturated rings. The number of unbranched alkanes of at least 4 members (excludes halogenated alkanes) is 6. The lowest BCUT2D eigenvalue weighted by Crippen LogP contribution is -2.50. The van der Waals surface area contributed by atoms with Crippen LogP contribution < -0.4 is 0 Å². The maximum absolute atomic E-state index is 12.7. The van der Waals surface area contributed by atoms with Gasteiger partial charge in [-0.05, 0) is 89.9 Å². The van der Waals surface area contributed by atoms with Gasteiger partial charge in [0, 0.05) is 19.3 Å². The van der Waals surface area contributed by atoms with Crippen molar-refractivity contribution in [3.8, 4) is 0 Å². The molecule has 56 heavy (non-hydrogen) atoms. The average Bonchev–Trinajstić information content (AvgIpc) is 3.15. The summed E-state index contributed by atoms with van der Waals surface area (Å²) in [6, 6.07) is -0.630. The Morgan fingerprint density at radius 1 is 0.536 bits per heavy atom. The molecule has 0 saturated carbocycles. The summed E-state index contributed by atoms with van der Waals surface area (Å²) < 4.78 is 17.2. The molecule has 8 heteroatoms. The van der Waals surface area contributed by atoms with Crippen LogP contribution in [0.15, 0.2) is 97.2 Å². The number of allylic oxidation sites excluding steroid dienone is 16. The first kappa shape index (κ1) is 52.2. The lowest BCUT2D eigenvalue weighted by Gasteiger charge is -2.31. The van der Waals surface area contributed by atoms with Crippen LogP contribution in [0.1, 0.15) is 136 Å². The van der Waals surface area contributed by atoms with Crippen LogP contribution in [0.3, 0.4) is 0 Å². The highest BCUT2D eigenvalue weighted by Crippen LogP contribution is 2.12. The highest BCUT2D eigenvalue weighted by atomic mass is 16.6. The van der Waals surface area contributed by atoms with Crippen LogP contribution in [-0.2, 0) is 28.6 Å². The molecule has 0 rings (SSSR count).